The number of carbonyl (C=O) groups excluding carboxylic acids is 1. The number of carboxylic acids is 1. The molecule has 0 bridgehead atoms. The van der Waals surface area contributed by atoms with Crippen LogP contribution in [-0.2, 0) is 13.0 Å². The molecule has 18 heteroatoms. The Kier molecular flexibility index (Phi) is 12.1. The Hall–Kier alpha value is -6.17. The number of amides is 2. The number of hydrogen-bond donors (Lipinski definition) is 6. The molecule has 1 saturated heterocycles. The van der Waals surface area contributed by atoms with Crippen LogP contribution in [0.2, 0.25) is 0 Å². The van der Waals surface area contributed by atoms with Crippen molar-refractivity contribution in [2.45, 2.75) is 69.0 Å². The van der Waals surface area contributed by atoms with Gasteiger partial charge >= 0.3 is 12.0 Å². The molecule has 8 rings (SSSR count). The van der Waals surface area contributed by atoms with E-state index in [1.54, 1.807) is 23.0 Å². The summed E-state index contributed by atoms with van der Waals surface area (Å²) in [7, 11) is 0. The first-order chi connectivity index (χ1) is 27.7. The number of aliphatic hydroxyl groups is 2. The van der Waals surface area contributed by atoms with E-state index in [-0.39, 0.29) is 42.5 Å². The van der Waals surface area contributed by atoms with E-state index in [0.717, 1.165) is 16.7 Å². The van der Waals surface area contributed by atoms with Gasteiger partial charge in [-0.2, -0.15) is 14.8 Å². The molecule has 6 N–H and O–H groups in total. The molecular weight excluding hydrogens is 764 g/mol. The Bertz CT molecular complexity index is 2290. The van der Waals surface area contributed by atoms with Crippen LogP contribution in [0.25, 0.3) is 11.2 Å². The number of urea groups is 1. The van der Waals surface area contributed by atoms with Crippen molar-refractivity contribution in [1.82, 2.24) is 50.4 Å². The van der Waals surface area contributed by atoms with Gasteiger partial charge in [0.1, 0.15) is 18.2 Å². The minimum absolute atomic E-state index is 0. The molecule has 17 nitrogen and oxygen atoms in total. The van der Waals surface area contributed by atoms with Crippen molar-refractivity contribution >= 4 is 47.3 Å². The summed E-state index contributed by atoms with van der Waals surface area (Å²) in [5.74, 6) is 0.484. The quantitative estimate of drug-likeness (QED) is 0.0981. The lowest BCUT2D eigenvalue weighted by molar-refractivity contribution is 0.00473. The molecule has 0 radical (unpaired) electrons. The topological polar surface area (TPSA) is 221 Å². The molecular formula is C40H45ClN12O5. The summed E-state index contributed by atoms with van der Waals surface area (Å²) in [5.41, 5.74) is 4.23. The van der Waals surface area contributed by atoms with Crippen LogP contribution in [0.15, 0.2) is 91.3 Å². The van der Waals surface area contributed by atoms with Gasteiger partial charge in [-0.05, 0) is 46.9 Å². The molecule has 2 fully saturated rings. The Morgan fingerprint density at radius 2 is 1.60 bits per heavy atom. The molecule has 2 amide bonds. The Labute approximate surface area is 339 Å². The van der Waals surface area contributed by atoms with Crippen molar-refractivity contribution in [2.24, 2.45) is 0 Å². The molecule has 0 spiro atoms. The summed E-state index contributed by atoms with van der Waals surface area (Å²) in [6.07, 6.45) is 0.871. The van der Waals surface area contributed by atoms with E-state index in [2.05, 4.69) is 55.6 Å². The number of nitrogens with zero attached hydrogens (tertiary/aromatic N) is 9. The molecule has 2 aliphatic rings. The van der Waals surface area contributed by atoms with Crippen LogP contribution in [-0.4, -0.2) is 105 Å². The molecule has 5 atom stereocenters. The predicted octanol–water partition coefficient (Wildman–Crippen LogP) is 3.73. The Morgan fingerprint density at radius 1 is 0.914 bits per heavy atom. The van der Waals surface area contributed by atoms with Crippen LogP contribution in [0, 0.1) is 0 Å². The summed E-state index contributed by atoms with van der Waals surface area (Å²) in [4.78, 5) is 42.3. The lowest BCUT2D eigenvalue weighted by atomic mass is 9.91. The normalized spacial score (nSPS) is 20.3. The third kappa shape index (κ3) is 8.41. The van der Waals surface area contributed by atoms with Gasteiger partial charge in [-0.1, -0.05) is 79.7 Å². The second-order valence-electron chi connectivity index (χ2n) is 14.4. The van der Waals surface area contributed by atoms with Gasteiger partial charge in [0.2, 0.25) is 5.95 Å². The molecule has 1 saturated carbocycles. The highest BCUT2D eigenvalue weighted by molar-refractivity contribution is 5.87. The van der Waals surface area contributed by atoms with Gasteiger partial charge < -0.3 is 40.7 Å². The first kappa shape index (κ1) is 40.0. The largest absolute Gasteiger partial charge is 0.478 e. The fourth-order valence-corrected chi connectivity index (χ4v) is 7.68. The molecule has 302 valence electrons. The number of aromatic nitrogens is 8. The van der Waals surface area contributed by atoms with Gasteiger partial charge in [0, 0.05) is 44.6 Å². The fraction of sp³-hybridized carbons (Fsp3) is 0.350. The minimum Gasteiger partial charge on any atom is -0.478 e. The number of anilines is 2. The van der Waals surface area contributed by atoms with Crippen molar-refractivity contribution in [2.75, 3.05) is 29.9 Å². The number of aromatic carboxylic acids is 1. The average molecular weight is 809 g/mol. The number of benzene rings is 3. The molecule has 1 unspecified atom stereocenters. The van der Waals surface area contributed by atoms with Gasteiger partial charge in [-0.25, -0.2) is 14.6 Å². The standard InChI is InChI=1S/C40H44N12O5.ClH/c1-2-32-47-49-52(48-32)31-19-30(34(53)35(31)54)51-23-43-33-36(41-21-29(25-9-5-3-6-10-25)26-11-7-4-8-12-26)45-39(46-37(33)51)50-18-17-28(22-50)44-40(57)42-20-24-13-15-27(16-14-24)38(55)56;/h3-16,23,28-31,34-35,53-54H,2,17-22H2,1H3,(H,55,56)(H,41,45,46)(H2,42,44,57);1H/t28?,30-,31+,34+,35-;/m1./s1. The number of halogens is 1. The van der Waals surface area contributed by atoms with Crippen molar-refractivity contribution in [3.63, 3.8) is 0 Å². The Morgan fingerprint density at radius 3 is 2.26 bits per heavy atom. The molecule has 6 aromatic rings. The SMILES string of the molecule is CCc1nnn([C@H]2C[C@@H](n3cnc4c(NCC(c5ccccc5)c5ccccc5)nc(N5CCC(NC(=O)NCc6ccc(C(=O)O)cc6)C5)nc43)[C@H](O)[C@@H]2O)n1.Cl. The van der Waals surface area contributed by atoms with Gasteiger partial charge in [0.25, 0.3) is 0 Å². The van der Waals surface area contributed by atoms with E-state index in [1.165, 1.54) is 16.9 Å². The first-order valence-electron chi connectivity index (χ1n) is 19.1. The number of tetrazole rings is 1. The van der Waals surface area contributed by atoms with Gasteiger partial charge in [-0.3, -0.25) is 0 Å². The smallest absolute Gasteiger partial charge is 0.335 e. The molecule has 1 aliphatic heterocycles. The number of rotatable bonds is 13. The van der Waals surface area contributed by atoms with Crippen LogP contribution in [0.3, 0.4) is 0 Å². The summed E-state index contributed by atoms with van der Waals surface area (Å²) < 4.78 is 1.80. The highest BCUT2D eigenvalue weighted by Gasteiger charge is 2.45. The highest BCUT2D eigenvalue weighted by Crippen LogP contribution is 2.40. The number of carboxylic acid groups (broad SMARTS) is 1. The van der Waals surface area contributed by atoms with Crippen molar-refractivity contribution in [3.8, 4) is 0 Å². The highest BCUT2D eigenvalue weighted by atomic mass is 35.5. The van der Waals surface area contributed by atoms with Crippen molar-refractivity contribution < 1.29 is 24.9 Å². The number of fused-ring (bicyclic) bond motifs is 1. The van der Waals surface area contributed by atoms with Crippen LogP contribution < -0.4 is 20.9 Å². The molecule has 3 aromatic carbocycles. The van der Waals surface area contributed by atoms with E-state index in [1.807, 2.05) is 48.2 Å². The zero-order valence-electron chi connectivity index (χ0n) is 31.7. The number of aliphatic hydroxyl groups excluding tert-OH is 2. The summed E-state index contributed by atoms with van der Waals surface area (Å²) in [6, 6.07) is 25.1. The van der Waals surface area contributed by atoms with E-state index < -0.39 is 30.3 Å². The first-order valence-corrected chi connectivity index (χ1v) is 19.1. The maximum atomic E-state index is 12.9. The maximum Gasteiger partial charge on any atom is 0.335 e. The summed E-state index contributed by atoms with van der Waals surface area (Å²) in [5, 5.41) is 53.9. The molecule has 3 aromatic heterocycles. The fourth-order valence-electron chi connectivity index (χ4n) is 7.68. The van der Waals surface area contributed by atoms with Crippen LogP contribution in [0.5, 0.6) is 0 Å². The van der Waals surface area contributed by atoms with Crippen LogP contribution >= 0.6 is 12.4 Å². The summed E-state index contributed by atoms with van der Waals surface area (Å²) >= 11 is 0. The van der Waals surface area contributed by atoms with E-state index in [4.69, 9.17) is 20.1 Å². The van der Waals surface area contributed by atoms with E-state index in [0.29, 0.717) is 67.7 Å². The number of imidazole rings is 1. The number of carbonyl (C=O) groups is 2. The lowest BCUT2D eigenvalue weighted by Crippen LogP contribution is -2.43. The van der Waals surface area contributed by atoms with Crippen molar-refractivity contribution in [1.29, 1.82) is 0 Å². The average Bonchev–Trinajstić information content (AvgIpc) is 4.05. The van der Waals surface area contributed by atoms with Gasteiger partial charge in [-0.15, -0.1) is 22.6 Å². The summed E-state index contributed by atoms with van der Waals surface area (Å²) in [6.45, 7) is 3.68. The number of nitrogens with one attached hydrogen (secondary N) is 3. The third-order valence-electron chi connectivity index (χ3n) is 10.8. The predicted molar refractivity (Wildman–Crippen MR) is 217 cm³/mol. The zero-order valence-corrected chi connectivity index (χ0v) is 32.5. The molecule has 1 aliphatic carbocycles. The maximum absolute atomic E-state index is 12.9. The Balaban J connectivity index is 0.00000512. The van der Waals surface area contributed by atoms with Gasteiger partial charge in [0.15, 0.2) is 22.8 Å². The van der Waals surface area contributed by atoms with E-state index >= 15 is 0 Å². The van der Waals surface area contributed by atoms with Crippen LogP contribution in [0.4, 0.5) is 16.6 Å². The minimum atomic E-state index is -1.16. The van der Waals surface area contributed by atoms with Crippen LogP contribution in [0.1, 0.15) is 70.6 Å². The zero-order chi connectivity index (χ0) is 39.5. The monoisotopic (exact) mass is 808 g/mol. The van der Waals surface area contributed by atoms with E-state index in [9.17, 15) is 19.8 Å². The lowest BCUT2D eigenvalue weighted by Gasteiger charge is -2.22. The van der Waals surface area contributed by atoms with Crippen molar-refractivity contribution in [3.05, 3.63) is 119 Å². The number of hydrogen-bond acceptors (Lipinski definition) is 12. The third-order valence-corrected chi connectivity index (χ3v) is 10.8. The van der Waals surface area contributed by atoms with Gasteiger partial charge in [0.05, 0.1) is 17.9 Å². The number of aryl methyl sites for hydroxylation is 1. The molecule has 4 heterocycles. The second-order valence-corrected chi connectivity index (χ2v) is 14.4. The second kappa shape index (κ2) is 17.5. The molecule has 58 heavy (non-hydrogen) atoms.